The number of carbonyl (C=O) groups is 1. The van der Waals surface area contributed by atoms with Crippen molar-refractivity contribution in [1.82, 2.24) is 9.80 Å². The number of amides is 1. The minimum atomic E-state index is -0.279. The maximum atomic E-state index is 13.6. The predicted octanol–water partition coefficient (Wildman–Crippen LogP) is 4.85. The van der Waals surface area contributed by atoms with Crippen LogP contribution in [0.5, 0.6) is 0 Å². The second kappa shape index (κ2) is 12.6. The van der Waals surface area contributed by atoms with Crippen molar-refractivity contribution in [3.05, 3.63) is 94.0 Å². The molecule has 1 aliphatic heterocycles. The van der Waals surface area contributed by atoms with Crippen LogP contribution in [0, 0.1) is 10.1 Å². The highest BCUT2D eigenvalue weighted by molar-refractivity contribution is 5.79. The first-order chi connectivity index (χ1) is 19.4. The van der Waals surface area contributed by atoms with Gasteiger partial charge in [0, 0.05) is 50.9 Å². The summed E-state index contributed by atoms with van der Waals surface area (Å²) in [4.78, 5) is 31.7. The van der Waals surface area contributed by atoms with Crippen LogP contribution in [0.25, 0.3) is 11.1 Å². The lowest BCUT2D eigenvalue weighted by atomic mass is 9.90. The maximum absolute atomic E-state index is 13.6. The molecule has 0 bridgehead atoms. The Hall–Kier alpha value is -3.75. The first-order valence-corrected chi connectivity index (χ1v) is 14.3. The van der Waals surface area contributed by atoms with E-state index < -0.39 is 0 Å². The van der Waals surface area contributed by atoms with E-state index in [2.05, 4.69) is 22.9 Å². The Balaban J connectivity index is 1.39. The van der Waals surface area contributed by atoms with Crippen molar-refractivity contribution in [3.63, 3.8) is 0 Å². The van der Waals surface area contributed by atoms with Gasteiger partial charge in [-0.25, -0.2) is 0 Å². The molecule has 2 N–H and O–H groups in total. The smallest absolute Gasteiger partial charge is 0.293 e. The van der Waals surface area contributed by atoms with Crippen LogP contribution in [0.2, 0.25) is 0 Å². The normalized spacial score (nSPS) is 19.8. The largest absolute Gasteiger partial charge is 0.363 e. The molecule has 3 aromatic carbocycles. The topological polar surface area (TPSA) is 96.0 Å². The zero-order chi connectivity index (χ0) is 28.1. The number of rotatable bonds is 8. The van der Waals surface area contributed by atoms with Gasteiger partial charge in [0.2, 0.25) is 5.91 Å². The van der Waals surface area contributed by atoms with E-state index in [4.69, 9.17) is 5.73 Å². The van der Waals surface area contributed by atoms with Crippen LogP contribution in [-0.4, -0.2) is 65.9 Å². The van der Waals surface area contributed by atoms with Gasteiger partial charge >= 0.3 is 0 Å². The minimum absolute atomic E-state index is 0.115. The van der Waals surface area contributed by atoms with Crippen LogP contribution < -0.4 is 10.6 Å². The predicted molar refractivity (Wildman–Crippen MR) is 159 cm³/mol. The fourth-order valence-electron chi connectivity index (χ4n) is 5.92. The third-order valence-corrected chi connectivity index (χ3v) is 8.33. The van der Waals surface area contributed by atoms with Gasteiger partial charge < -0.3 is 20.4 Å². The molecule has 2 fully saturated rings. The Labute approximate surface area is 236 Å². The van der Waals surface area contributed by atoms with E-state index in [9.17, 15) is 14.9 Å². The van der Waals surface area contributed by atoms with Gasteiger partial charge in [0.05, 0.1) is 11.3 Å². The van der Waals surface area contributed by atoms with Crippen LogP contribution in [0.15, 0.2) is 72.8 Å². The lowest BCUT2D eigenvalue weighted by molar-refractivity contribution is -0.384. The molecule has 8 heteroatoms. The zero-order valence-electron chi connectivity index (χ0n) is 23.2. The van der Waals surface area contributed by atoms with Crippen molar-refractivity contribution in [2.45, 2.75) is 50.7 Å². The van der Waals surface area contributed by atoms with Crippen LogP contribution in [-0.2, 0) is 17.8 Å². The molecular formula is C32H39N5O3. The number of nitro groups is 1. The third-order valence-electron chi connectivity index (χ3n) is 8.33. The summed E-state index contributed by atoms with van der Waals surface area (Å²) in [6.07, 6.45) is 4.01. The number of carbonyl (C=O) groups excluding carboxylic acids is 1. The second-order valence-electron chi connectivity index (χ2n) is 11.2. The molecule has 1 amide bonds. The van der Waals surface area contributed by atoms with Crippen molar-refractivity contribution in [2.24, 2.45) is 5.73 Å². The van der Waals surface area contributed by atoms with Crippen molar-refractivity contribution in [3.8, 4) is 11.1 Å². The number of anilines is 1. The van der Waals surface area contributed by atoms with Crippen molar-refractivity contribution in [1.29, 1.82) is 0 Å². The summed E-state index contributed by atoms with van der Waals surface area (Å²) >= 11 is 0. The number of piperazine rings is 1. The Kier molecular flexibility index (Phi) is 8.77. The lowest BCUT2D eigenvalue weighted by Gasteiger charge is -2.36. The molecule has 1 heterocycles. The third kappa shape index (κ3) is 6.69. The number of benzene rings is 3. The Bertz CT molecular complexity index is 1320. The second-order valence-corrected chi connectivity index (χ2v) is 11.2. The number of hydrogen-bond donors (Lipinski definition) is 1. The maximum Gasteiger partial charge on any atom is 0.293 e. The molecule has 210 valence electrons. The van der Waals surface area contributed by atoms with Gasteiger partial charge in [0.25, 0.3) is 5.69 Å². The number of nitrogens with zero attached hydrogens (tertiary/aromatic N) is 4. The fourth-order valence-corrected chi connectivity index (χ4v) is 5.92. The van der Waals surface area contributed by atoms with E-state index in [-0.39, 0.29) is 28.6 Å². The average molecular weight is 542 g/mol. The van der Waals surface area contributed by atoms with Crippen LogP contribution in [0.3, 0.4) is 0 Å². The summed E-state index contributed by atoms with van der Waals surface area (Å²) in [5.41, 5.74) is 10.7. The van der Waals surface area contributed by atoms with E-state index in [1.54, 1.807) is 6.07 Å². The molecule has 3 aromatic rings. The molecule has 0 atom stereocenters. The highest BCUT2D eigenvalue weighted by Gasteiger charge is 2.28. The van der Waals surface area contributed by atoms with Gasteiger partial charge in [-0.2, -0.15) is 0 Å². The molecule has 2 aliphatic rings. The summed E-state index contributed by atoms with van der Waals surface area (Å²) in [6.45, 7) is 3.80. The Morgan fingerprint density at radius 2 is 1.57 bits per heavy atom. The van der Waals surface area contributed by atoms with Gasteiger partial charge in [-0.1, -0.05) is 54.6 Å². The first kappa shape index (κ1) is 27.8. The average Bonchev–Trinajstić information content (AvgIpc) is 2.97. The van der Waals surface area contributed by atoms with E-state index in [0.717, 1.165) is 74.1 Å². The molecule has 1 saturated carbocycles. The van der Waals surface area contributed by atoms with Crippen LogP contribution in [0.1, 0.15) is 36.8 Å². The molecule has 0 aromatic heterocycles. The lowest BCUT2D eigenvalue weighted by Crippen LogP contribution is -2.44. The van der Waals surface area contributed by atoms with Gasteiger partial charge in [-0.3, -0.25) is 14.9 Å². The molecule has 8 nitrogen and oxygen atoms in total. The van der Waals surface area contributed by atoms with Gasteiger partial charge in [-0.15, -0.1) is 0 Å². The van der Waals surface area contributed by atoms with Gasteiger partial charge in [0.1, 0.15) is 5.69 Å². The number of hydrogen-bond acceptors (Lipinski definition) is 6. The summed E-state index contributed by atoms with van der Waals surface area (Å²) in [5.74, 6) is 0.115. The van der Waals surface area contributed by atoms with Crippen molar-refractivity contribution >= 4 is 17.3 Å². The molecule has 0 radical (unpaired) electrons. The fraction of sp³-hybridized carbons (Fsp3) is 0.406. The summed E-state index contributed by atoms with van der Waals surface area (Å²) in [7, 11) is 2.07. The SMILES string of the molecule is CN1CCN(c2ccc(-c3cccc(CN(C(=O)Cc4ccccc4)C4CCC(N)CC4)c3)cc2[N+](=O)[O-])CC1. The summed E-state index contributed by atoms with van der Waals surface area (Å²) < 4.78 is 0. The van der Waals surface area contributed by atoms with Gasteiger partial charge in [-0.05, 0) is 67.1 Å². The summed E-state index contributed by atoms with van der Waals surface area (Å²) in [6, 6.07) is 23.8. The Morgan fingerprint density at radius 1 is 0.900 bits per heavy atom. The Morgan fingerprint density at radius 3 is 2.27 bits per heavy atom. The van der Waals surface area contributed by atoms with Gasteiger partial charge in [0.15, 0.2) is 0 Å². The van der Waals surface area contributed by atoms with E-state index >= 15 is 0 Å². The molecule has 1 aliphatic carbocycles. The minimum Gasteiger partial charge on any atom is -0.363 e. The molecule has 5 rings (SSSR count). The number of nitrogens with two attached hydrogens (primary N) is 1. The quantitative estimate of drug-likeness (QED) is 0.323. The zero-order valence-corrected chi connectivity index (χ0v) is 23.2. The molecular weight excluding hydrogens is 502 g/mol. The molecule has 40 heavy (non-hydrogen) atoms. The molecule has 1 saturated heterocycles. The van der Waals surface area contributed by atoms with Crippen molar-refractivity contribution in [2.75, 3.05) is 38.1 Å². The van der Waals surface area contributed by atoms with E-state index in [0.29, 0.717) is 18.7 Å². The van der Waals surface area contributed by atoms with E-state index in [1.165, 1.54) is 0 Å². The highest BCUT2D eigenvalue weighted by Crippen LogP contribution is 2.34. The monoisotopic (exact) mass is 541 g/mol. The van der Waals surface area contributed by atoms with Crippen LogP contribution >= 0.6 is 0 Å². The number of nitro benzene ring substituents is 1. The molecule has 0 unspecified atom stereocenters. The highest BCUT2D eigenvalue weighted by atomic mass is 16.6. The van der Waals surface area contributed by atoms with E-state index in [1.807, 2.05) is 65.6 Å². The number of likely N-dealkylation sites (N-methyl/N-ethyl adjacent to an activating group) is 1. The van der Waals surface area contributed by atoms with Crippen molar-refractivity contribution < 1.29 is 9.72 Å². The molecule has 0 spiro atoms. The summed E-state index contributed by atoms with van der Waals surface area (Å²) in [5, 5.41) is 12.1. The first-order valence-electron chi connectivity index (χ1n) is 14.3. The van der Waals surface area contributed by atoms with Crippen LogP contribution in [0.4, 0.5) is 11.4 Å². The standard InChI is InChI=1S/C32H39N5O3/c1-34-16-18-35(19-17-34)30-15-10-27(22-31(30)37(39)40)26-9-5-8-25(20-26)23-36(29-13-11-28(33)12-14-29)32(38)21-24-6-3-2-4-7-24/h2-10,15,20,22,28-29H,11-14,16-19,21,23,33H2,1H3.